The van der Waals surface area contributed by atoms with E-state index in [2.05, 4.69) is 28.1 Å². The number of piperazine rings is 1. The van der Waals surface area contributed by atoms with Gasteiger partial charge in [-0.3, -0.25) is 14.8 Å². The van der Waals surface area contributed by atoms with Gasteiger partial charge in [0, 0.05) is 43.3 Å². The van der Waals surface area contributed by atoms with E-state index in [4.69, 9.17) is 11.6 Å². The van der Waals surface area contributed by atoms with E-state index in [0.29, 0.717) is 18.8 Å². The molecule has 0 aliphatic carbocycles. The van der Waals surface area contributed by atoms with Crippen molar-refractivity contribution in [1.82, 2.24) is 20.0 Å². The number of hydrogen-bond acceptors (Lipinski definition) is 3. The number of nitrogens with zero attached hydrogens (tertiary/aromatic N) is 3. The van der Waals surface area contributed by atoms with E-state index in [1.165, 1.54) is 11.1 Å². The summed E-state index contributed by atoms with van der Waals surface area (Å²) in [4.78, 5) is 17.1. The van der Waals surface area contributed by atoms with Gasteiger partial charge in [0.05, 0.1) is 5.69 Å². The van der Waals surface area contributed by atoms with Crippen molar-refractivity contribution in [3.8, 4) is 11.3 Å². The van der Waals surface area contributed by atoms with Gasteiger partial charge in [-0.15, -0.1) is 0 Å². The number of halogens is 1. The van der Waals surface area contributed by atoms with Crippen molar-refractivity contribution >= 4 is 17.5 Å². The van der Waals surface area contributed by atoms with Crippen LogP contribution in [-0.2, 0) is 6.54 Å². The minimum absolute atomic E-state index is 0.00765. The average Bonchev–Trinajstić information content (AvgIpc) is 3.19. The molecule has 3 aromatic rings. The highest BCUT2D eigenvalue weighted by Gasteiger charge is 2.23. The van der Waals surface area contributed by atoms with E-state index in [9.17, 15) is 4.79 Å². The number of benzene rings is 2. The number of aryl methyl sites for hydroxylation is 1. The minimum Gasteiger partial charge on any atom is -0.335 e. The summed E-state index contributed by atoms with van der Waals surface area (Å²) in [7, 11) is 0. The fraction of sp³-hybridized carbons (Fsp3) is 0.273. The van der Waals surface area contributed by atoms with Crippen LogP contribution >= 0.6 is 11.6 Å². The Balaban J connectivity index is 1.36. The second kappa shape index (κ2) is 8.17. The van der Waals surface area contributed by atoms with Crippen LogP contribution in [0.2, 0.25) is 5.02 Å². The molecular weight excluding hydrogens is 372 g/mol. The number of carbonyl (C=O) groups excluding carboxylic acids is 1. The van der Waals surface area contributed by atoms with E-state index in [1.807, 2.05) is 53.4 Å². The largest absolute Gasteiger partial charge is 0.335 e. The Labute approximate surface area is 169 Å². The van der Waals surface area contributed by atoms with Crippen molar-refractivity contribution < 1.29 is 4.79 Å². The van der Waals surface area contributed by atoms with Gasteiger partial charge in [0.25, 0.3) is 5.91 Å². The van der Waals surface area contributed by atoms with E-state index in [0.717, 1.165) is 35.9 Å². The topological polar surface area (TPSA) is 52.2 Å². The summed E-state index contributed by atoms with van der Waals surface area (Å²) in [5, 5.41) is 7.98. The summed E-state index contributed by atoms with van der Waals surface area (Å²) in [6.45, 7) is 6.00. The predicted octanol–water partition coefficient (Wildman–Crippen LogP) is 4.00. The molecule has 5 nitrogen and oxygen atoms in total. The molecule has 4 rings (SSSR count). The van der Waals surface area contributed by atoms with Crippen LogP contribution in [0.25, 0.3) is 11.3 Å². The Morgan fingerprint density at radius 3 is 2.54 bits per heavy atom. The molecule has 2 heterocycles. The number of aromatic nitrogens is 2. The molecule has 144 valence electrons. The normalized spacial score (nSPS) is 15.0. The Bertz CT molecular complexity index is 959. The molecule has 1 aromatic heterocycles. The van der Waals surface area contributed by atoms with Crippen molar-refractivity contribution in [3.05, 3.63) is 76.4 Å². The van der Waals surface area contributed by atoms with Crippen molar-refractivity contribution in [1.29, 1.82) is 0 Å². The minimum atomic E-state index is 0.00765. The zero-order chi connectivity index (χ0) is 19.5. The zero-order valence-electron chi connectivity index (χ0n) is 15.9. The van der Waals surface area contributed by atoms with Crippen molar-refractivity contribution in [2.45, 2.75) is 13.5 Å². The molecule has 28 heavy (non-hydrogen) atoms. The third kappa shape index (κ3) is 4.26. The summed E-state index contributed by atoms with van der Waals surface area (Å²) >= 11 is 6.07. The molecular formula is C22H23ClN4O. The van der Waals surface area contributed by atoms with Gasteiger partial charge < -0.3 is 4.90 Å². The van der Waals surface area contributed by atoms with E-state index < -0.39 is 0 Å². The third-order valence-electron chi connectivity index (χ3n) is 5.11. The molecule has 2 aromatic carbocycles. The molecule has 1 saturated heterocycles. The number of H-pyrrole nitrogens is 1. The first-order valence-corrected chi connectivity index (χ1v) is 9.85. The summed E-state index contributed by atoms with van der Waals surface area (Å²) in [6, 6.07) is 17.9. The van der Waals surface area contributed by atoms with Gasteiger partial charge in [0.2, 0.25) is 0 Å². The fourth-order valence-corrected chi connectivity index (χ4v) is 3.69. The highest BCUT2D eigenvalue weighted by molar-refractivity contribution is 6.30. The first kappa shape index (κ1) is 18.7. The van der Waals surface area contributed by atoms with E-state index in [1.54, 1.807) is 0 Å². The van der Waals surface area contributed by atoms with Gasteiger partial charge in [-0.25, -0.2) is 0 Å². The van der Waals surface area contributed by atoms with Crippen LogP contribution in [0.3, 0.4) is 0 Å². The fourth-order valence-electron chi connectivity index (χ4n) is 3.48. The lowest BCUT2D eigenvalue weighted by Gasteiger charge is -2.34. The van der Waals surface area contributed by atoms with Gasteiger partial charge in [0.1, 0.15) is 5.69 Å². The monoisotopic (exact) mass is 394 g/mol. The SMILES string of the molecule is Cc1ccc(-c2cc(C(=O)N3CCN(Cc4cccc(Cl)c4)CC3)[nH]n2)cc1. The molecule has 0 unspecified atom stereocenters. The van der Waals surface area contributed by atoms with Crippen LogP contribution in [0.4, 0.5) is 0 Å². The molecule has 0 spiro atoms. The van der Waals surface area contributed by atoms with Crippen molar-refractivity contribution in [3.63, 3.8) is 0 Å². The van der Waals surface area contributed by atoms with E-state index >= 15 is 0 Å². The first-order chi connectivity index (χ1) is 13.6. The van der Waals surface area contributed by atoms with Gasteiger partial charge >= 0.3 is 0 Å². The van der Waals surface area contributed by atoms with Gasteiger partial charge in [-0.05, 0) is 30.7 Å². The summed E-state index contributed by atoms with van der Waals surface area (Å²) in [5.41, 5.74) is 4.74. The number of carbonyl (C=O) groups is 1. The Kier molecular flexibility index (Phi) is 5.46. The maximum atomic E-state index is 12.8. The van der Waals surface area contributed by atoms with Gasteiger partial charge in [-0.1, -0.05) is 53.6 Å². The molecule has 6 heteroatoms. The second-order valence-corrected chi connectivity index (χ2v) is 7.67. The highest BCUT2D eigenvalue weighted by Crippen LogP contribution is 2.20. The zero-order valence-corrected chi connectivity index (χ0v) is 16.6. The Morgan fingerprint density at radius 1 is 1.07 bits per heavy atom. The van der Waals surface area contributed by atoms with Crippen LogP contribution in [0, 0.1) is 6.92 Å². The molecule has 1 fully saturated rings. The maximum Gasteiger partial charge on any atom is 0.271 e. The van der Waals surface area contributed by atoms with Crippen LogP contribution in [0.5, 0.6) is 0 Å². The summed E-state index contributed by atoms with van der Waals surface area (Å²) in [6.07, 6.45) is 0. The smallest absolute Gasteiger partial charge is 0.271 e. The highest BCUT2D eigenvalue weighted by atomic mass is 35.5. The van der Waals surface area contributed by atoms with Gasteiger partial charge in [0.15, 0.2) is 0 Å². The lowest BCUT2D eigenvalue weighted by atomic mass is 10.1. The van der Waals surface area contributed by atoms with Crippen LogP contribution in [0.15, 0.2) is 54.6 Å². The quantitative estimate of drug-likeness (QED) is 0.727. The Morgan fingerprint density at radius 2 is 1.82 bits per heavy atom. The molecule has 0 radical (unpaired) electrons. The molecule has 0 atom stereocenters. The van der Waals surface area contributed by atoms with Gasteiger partial charge in [-0.2, -0.15) is 5.10 Å². The van der Waals surface area contributed by atoms with Crippen LogP contribution in [-0.4, -0.2) is 52.1 Å². The lowest BCUT2D eigenvalue weighted by molar-refractivity contribution is 0.0622. The summed E-state index contributed by atoms with van der Waals surface area (Å²) in [5.74, 6) is 0.00765. The summed E-state index contributed by atoms with van der Waals surface area (Å²) < 4.78 is 0. The predicted molar refractivity (Wildman–Crippen MR) is 111 cm³/mol. The maximum absolute atomic E-state index is 12.8. The number of amides is 1. The molecule has 1 aliphatic heterocycles. The average molecular weight is 395 g/mol. The standard InChI is InChI=1S/C22H23ClN4O/c1-16-5-7-18(8-6-16)20-14-21(25-24-20)22(28)27-11-9-26(10-12-27)15-17-3-2-4-19(23)13-17/h2-8,13-14H,9-12,15H2,1H3,(H,24,25). The van der Waals surface area contributed by atoms with Crippen molar-refractivity contribution in [2.75, 3.05) is 26.2 Å². The molecule has 1 amide bonds. The molecule has 1 aliphatic rings. The Hall–Kier alpha value is -2.63. The number of nitrogens with one attached hydrogen (secondary N) is 1. The van der Waals surface area contributed by atoms with Crippen LogP contribution < -0.4 is 0 Å². The first-order valence-electron chi connectivity index (χ1n) is 9.47. The van der Waals surface area contributed by atoms with Crippen LogP contribution in [0.1, 0.15) is 21.6 Å². The number of hydrogen-bond donors (Lipinski definition) is 1. The van der Waals surface area contributed by atoms with E-state index in [-0.39, 0.29) is 5.91 Å². The second-order valence-electron chi connectivity index (χ2n) is 7.23. The third-order valence-corrected chi connectivity index (χ3v) is 5.35. The lowest BCUT2D eigenvalue weighted by Crippen LogP contribution is -2.48. The number of rotatable bonds is 4. The molecule has 0 saturated carbocycles. The van der Waals surface area contributed by atoms with Crippen molar-refractivity contribution in [2.24, 2.45) is 0 Å². The molecule has 0 bridgehead atoms. The molecule has 1 N–H and O–H groups in total. The number of aromatic amines is 1.